The number of benzene rings is 1. The highest BCUT2D eigenvalue weighted by molar-refractivity contribution is 5.78. The van der Waals surface area contributed by atoms with Crippen LogP contribution < -0.4 is 5.73 Å². The van der Waals surface area contributed by atoms with Gasteiger partial charge in [-0.2, -0.15) is 10.2 Å². The highest BCUT2D eigenvalue weighted by Gasteiger charge is 2.38. The van der Waals surface area contributed by atoms with Crippen molar-refractivity contribution in [2.24, 2.45) is 18.7 Å². The monoisotopic (exact) mass is 350 g/mol. The topological polar surface area (TPSA) is 82.0 Å². The Balaban J connectivity index is 1.55. The summed E-state index contributed by atoms with van der Waals surface area (Å²) >= 11 is 0. The van der Waals surface area contributed by atoms with Gasteiger partial charge < -0.3 is 5.73 Å². The quantitative estimate of drug-likeness (QED) is 0.752. The zero-order valence-corrected chi connectivity index (χ0v) is 14.7. The molecule has 1 aliphatic heterocycles. The Labute approximate surface area is 152 Å². The molecule has 3 aromatic rings. The van der Waals surface area contributed by atoms with Crippen molar-refractivity contribution >= 4 is 5.91 Å². The Hall–Kier alpha value is -2.93. The molecule has 1 amide bonds. The van der Waals surface area contributed by atoms with Crippen LogP contribution in [-0.2, 0) is 18.4 Å². The molecule has 2 N–H and O–H groups in total. The van der Waals surface area contributed by atoms with Crippen molar-refractivity contribution in [3.05, 3.63) is 66.2 Å². The molecular weight excluding hydrogens is 328 g/mol. The van der Waals surface area contributed by atoms with Crippen LogP contribution in [0.25, 0.3) is 5.69 Å². The summed E-state index contributed by atoms with van der Waals surface area (Å²) in [5, 5.41) is 8.69. The number of carbonyl (C=O) groups excluding carboxylic acids is 1. The first-order valence-electron chi connectivity index (χ1n) is 8.70. The van der Waals surface area contributed by atoms with Crippen molar-refractivity contribution in [3.8, 4) is 5.69 Å². The van der Waals surface area contributed by atoms with Gasteiger partial charge in [0, 0.05) is 45.0 Å². The van der Waals surface area contributed by atoms with Gasteiger partial charge in [-0.05, 0) is 23.8 Å². The van der Waals surface area contributed by atoms with E-state index >= 15 is 0 Å². The molecule has 3 heterocycles. The van der Waals surface area contributed by atoms with E-state index in [-0.39, 0.29) is 17.7 Å². The van der Waals surface area contributed by atoms with E-state index in [2.05, 4.69) is 15.1 Å². The van der Waals surface area contributed by atoms with Crippen LogP contribution in [0.15, 0.2) is 55.0 Å². The molecule has 0 saturated carbocycles. The van der Waals surface area contributed by atoms with Gasteiger partial charge in [0.1, 0.15) is 0 Å². The number of nitrogens with two attached hydrogens (primary N) is 1. The van der Waals surface area contributed by atoms with Crippen LogP contribution in [0.5, 0.6) is 0 Å². The third kappa shape index (κ3) is 3.13. The average molecular weight is 350 g/mol. The number of nitrogens with zero attached hydrogens (tertiary/aromatic N) is 5. The van der Waals surface area contributed by atoms with Gasteiger partial charge >= 0.3 is 0 Å². The second kappa shape index (κ2) is 6.76. The van der Waals surface area contributed by atoms with Crippen LogP contribution >= 0.6 is 0 Å². The number of rotatable bonds is 5. The second-order valence-corrected chi connectivity index (χ2v) is 6.83. The Kier molecular flexibility index (Phi) is 4.30. The summed E-state index contributed by atoms with van der Waals surface area (Å²) in [7, 11) is 1.88. The fourth-order valence-electron chi connectivity index (χ4n) is 3.75. The van der Waals surface area contributed by atoms with E-state index < -0.39 is 0 Å². The van der Waals surface area contributed by atoms with Crippen molar-refractivity contribution in [2.75, 3.05) is 13.1 Å². The highest BCUT2D eigenvalue weighted by Crippen LogP contribution is 2.33. The molecule has 0 unspecified atom stereocenters. The average Bonchev–Trinajstić information content (AvgIpc) is 3.35. The normalized spacial score (nSPS) is 20.5. The molecule has 1 saturated heterocycles. The van der Waals surface area contributed by atoms with Crippen molar-refractivity contribution in [3.63, 3.8) is 0 Å². The van der Waals surface area contributed by atoms with Gasteiger partial charge in [-0.15, -0.1) is 0 Å². The number of amides is 1. The number of para-hydroxylation sites is 1. The molecule has 7 heteroatoms. The molecule has 0 aliphatic carbocycles. The number of carbonyl (C=O) groups is 1. The molecular formula is C19H22N6O. The minimum Gasteiger partial charge on any atom is -0.369 e. The lowest BCUT2D eigenvalue weighted by molar-refractivity contribution is -0.121. The Bertz CT molecular complexity index is 900. The maximum absolute atomic E-state index is 12.0. The van der Waals surface area contributed by atoms with Crippen LogP contribution in [0, 0.1) is 5.92 Å². The molecule has 1 aromatic carbocycles. The smallest absolute Gasteiger partial charge is 0.222 e. The van der Waals surface area contributed by atoms with Crippen LogP contribution in [-0.4, -0.2) is 43.5 Å². The number of aromatic nitrogens is 4. The number of hydrogen-bond donors (Lipinski definition) is 1. The zero-order valence-electron chi connectivity index (χ0n) is 14.7. The summed E-state index contributed by atoms with van der Waals surface area (Å²) in [6.07, 6.45) is 5.61. The van der Waals surface area contributed by atoms with Crippen LogP contribution in [0.3, 0.4) is 0 Å². The fourth-order valence-corrected chi connectivity index (χ4v) is 3.75. The van der Waals surface area contributed by atoms with Crippen molar-refractivity contribution in [1.82, 2.24) is 24.5 Å². The summed E-state index contributed by atoms with van der Waals surface area (Å²) < 4.78 is 3.71. The highest BCUT2D eigenvalue weighted by atomic mass is 16.1. The van der Waals surface area contributed by atoms with Gasteiger partial charge in [-0.25, -0.2) is 4.68 Å². The molecule has 0 bridgehead atoms. The second-order valence-electron chi connectivity index (χ2n) is 6.83. The predicted molar refractivity (Wildman–Crippen MR) is 97.5 cm³/mol. The van der Waals surface area contributed by atoms with E-state index in [0.29, 0.717) is 6.54 Å². The molecule has 26 heavy (non-hydrogen) atoms. The Morgan fingerprint density at radius 1 is 1.19 bits per heavy atom. The van der Waals surface area contributed by atoms with Gasteiger partial charge in [-0.1, -0.05) is 18.2 Å². The maximum atomic E-state index is 12.0. The fraction of sp³-hybridized carbons (Fsp3) is 0.316. The van der Waals surface area contributed by atoms with Gasteiger partial charge in [0.25, 0.3) is 0 Å². The molecule has 2 aromatic heterocycles. The molecule has 2 atom stereocenters. The number of aryl methyl sites for hydroxylation is 1. The van der Waals surface area contributed by atoms with Crippen molar-refractivity contribution in [2.45, 2.75) is 12.5 Å². The summed E-state index contributed by atoms with van der Waals surface area (Å²) in [5.41, 5.74) is 8.86. The predicted octanol–water partition coefficient (Wildman–Crippen LogP) is 1.31. The van der Waals surface area contributed by atoms with Gasteiger partial charge in [0.2, 0.25) is 5.91 Å². The van der Waals surface area contributed by atoms with Crippen LogP contribution in [0.1, 0.15) is 17.2 Å². The number of primary amides is 1. The standard InChI is InChI=1S/C19H22N6O/c1-23-10-14(9-22-23)17-12-24(13-18(17)19(20)26)11-16-7-8-21-25(16)15-5-3-2-4-6-15/h2-10,17-18H,11-13H2,1H3,(H2,20,26)/t17-,18+/m1/s1. The summed E-state index contributed by atoms with van der Waals surface area (Å²) in [4.78, 5) is 14.2. The Morgan fingerprint density at radius 2 is 2.00 bits per heavy atom. The van der Waals surface area contributed by atoms with Gasteiger partial charge in [-0.3, -0.25) is 14.4 Å². The molecule has 134 valence electrons. The minimum absolute atomic E-state index is 0.0781. The zero-order chi connectivity index (χ0) is 18.1. The lowest BCUT2D eigenvalue weighted by atomic mass is 9.90. The Morgan fingerprint density at radius 3 is 2.69 bits per heavy atom. The van der Waals surface area contributed by atoms with Crippen LogP contribution in [0.4, 0.5) is 0 Å². The molecule has 0 spiro atoms. The molecule has 7 nitrogen and oxygen atoms in total. The number of likely N-dealkylation sites (tertiary alicyclic amines) is 1. The molecule has 4 rings (SSSR count). The third-order valence-electron chi connectivity index (χ3n) is 5.02. The molecule has 0 radical (unpaired) electrons. The first-order chi connectivity index (χ1) is 12.6. The lowest BCUT2D eigenvalue weighted by Gasteiger charge is -2.16. The summed E-state index contributed by atoms with van der Waals surface area (Å²) in [5.74, 6) is -0.375. The minimum atomic E-state index is -0.252. The molecule has 1 fully saturated rings. The van der Waals surface area contributed by atoms with E-state index in [1.807, 2.05) is 66.7 Å². The van der Waals surface area contributed by atoms with E-state index in [1.54, 1.807) is 4.68 Å². The van der Waals surface area contributed by atoms with E-state index in [4.69, 9.17) is 5.73 Å². The first-order valence-corrected chi connectivity index (χ1v) is 8.70. The summed E-state index contributed by atoms with van der Waals surface area (Å²) in [6, 6.07) is 12.1. The van der Waals surface area contributed by atoms with E-state index in [9.17, 15) is 4.79 Å². The van der Waals surface area contributed by atoms with Gasteiger partial charge in [0.15, 0.2) is 0 Å². The lowest BCUT2D eigenvalue weighted by Crippen LogP contribution is -2.29. The first kappa shape index (κ1) is 16.5. The third-order valence-corrected chi connectivity index (χ3v) is 5.02. The van der Waals surface area contributed by atoms with E-state index in [1.165, 1.54) is 0 Å². The van der Waals surface area contributed by atoms with Gasteiger partial charge in [0.05, 0.1) is 23.5 Å². The summed E-state index contributed by atoms with van der Waals surface area (Å²) in [6.45, 7) is 2.14. The van der Waals surface area contributed by atoms with Crippen molar-refractivity contribution in [1.29, 1.82) is 0 Å². The maximum Gasteiger partial charge on any atom is 0.222 e. The largest absolute Gasteiger partial charge is 0.369 e. The SMILES string of the molecule is Cn1cc([C@H]2CN(Cc3ccnn3-c3ccccc3)C[C@@H]2C(N)=O)cn1. The molecule has 1 aliphatic rings. The number of hydrogen-bond acceptors (Lipinski definition) is 4. The van der Waals surface area contributed by atoms with E-state index in [0.717, 1.165) is 30.0 Å². The van der Waals surface area contributed by atoms with Crippen molar-refractivity contribution < 1.29 is 4.79 Å². The van der Waals surface area contributed by atoms with Crippen LogP contribution in [0.2, 0.25) is 0 Å².